The number of furan rings is 1. The van der Waals surface area contributed by atoms with Crippen LogP contribution in [-0.2, 0) is 25.7 Å². The maximum absolute atomic E-state index is 13.0. The van der Waals surface area contributed by atoms with Gasteiger partial charge in [0.25, 0.3) is 0 Å². The van der Waals surface area contributed by atoms with Crippen LogP contribution in [-0.4, -0.2) is 35.9 Å². The van der Waals surface area contributed by atoms with Gasteiger partial charge in [-0.05, 0) is 38.5 Å². The van der Waals surface area contributed by atoms with Crippen molar-refractivity contribution < 1.29 is 28.4 Å². The van der Waals surface area contributed by atoms with Crippen molar-refractivity contribution in [2.75, 3.05) is 13.2 Å². The lowest BCUT2D eigenvalue weighted by atomic mass is 9.83. The highest BCUT2D eigenvalue weighted by Gasteiger charge is 2.37. The molecule has 0 spiro atoms. The van der Waals surface area contributed by atoms with Gasteiger partial charge in [0.2, 0.25) is 5.91 Å². The Morgan fingerprint density at radius 2 is 1.87 bits per heavy atom. The molecule has 2 aromatic rings. The molecule has 1 N–H and O–H groups in total. The van der Waals surface area contributed by atoms with Crippen LogP contribution in [0.15, 0.2) is 58.2 Å². The molecule has 2 heterocycles. The Kier molecular flexibility index (Phi) is 7.25. The maximum atomic E-state index is 13.0. The number of hydrogen-bond acceptors (Lipinski definition) is 6. The zero-order valence-electron chi connectivity index (χ0n) is 17.8. The fraction of sp³-hybridized carbons (Fsp3) is 0.348. The van der Waals surface area contributed by atoms with Gasteiger partial charge in [0.1, 0.15) is 5.76 Å². The third-order valence-electron chi connectivity index (χ3n) is 5.03. The van der Waals surface area contributed by atoms with Gasteiger partial charge in [0.05, 0.1) is 25.3 Å². The van der Waals surface area contributed by atoms with Gasteiger partial charge in [-0.1, -0.05) is 30.3 Å². The first kappa shape index (κ1) is 22.3. The fourth-order valence-corrected chi connectivity index (χ4v) is 3.58. The van der Waals surface area contributed by atoms with Crippen molar-refractivity contribution in [2.24, 2.45) is 0 Å². The molecular formula is C23H26N2O6. The zero-order valence-corrected chi connectivity index (χ0v) is 17.8. The van der Waals surface area contributed by atoms with Gasteiger partial charge in [0.15, 0.2) is 5.76 Å². The van der Waals surface area contributed by atoms with Gasteiger partial charge in [-0.2, -0.15) is 0 Å². The van der Waals surface area contributed by atoms with E-state index in [-0.39, 0.29) is 37.2 Å². The van der Waals surface area contributed by atoms with E-state index in [2.05, 4.69) is 5.48 Å². The first-order chi connectivity index (χ1) is 15.0. The number of hydrogen-bond donors (Lipinski definition) is 1. The number of carbonyl (C=O) groups is 3. The molecule has 0 aliphatic carbocycles. The normalized spacial score (nSPS) is 16.4. The summed E-state index contributed by atoms with van der Waals surface area (Å²) in [5, 5.41) is 0. The van der Waals surface area contributed by atoms with E-state index in [1.165, 1.54) is 11.0 Å². The number of ether oxygens (including phenoxy) is 1. The minimum Gasteiger partial charge on any atom is -0.463 e. The van der Waals surface area contributed by atoms with Gasteiger partial charge < -0.3 is 14.1 Å². The van der Waals surface area contributed by atoms with Gasteiger partial charge in [-0.25, -0.2) is 10.3 Å². The van der Waals surface area contributed by atoms with Crippen LogP contribution in [0.1, 0.15) is 55.0 Å². The molecule has 1 aliphatic rings. The summed E-state index contributed by atoms with van der Waals surface area (Å²) in [6.07, 6.45) is 0.133. The average Bonchev–Trinajstić information content (AvgIpc) is 3.24. The van der Waals surface area contributed by atoms with Crippen LogP contribution in [0.5, 0.6) is 0 Å². The summed E-state index contributed by atoms with van der Waals surface area (Å²) in [5.74, 6) is -0.994. The highest BCUT2D eigenvalue weighted by Crippen LogP contribution is 2.37. The zero-order chi connectivity index (χ0) is 22.4. The third-order valence-corrected chi connectivity index (χ3v) is 5.03. The molecule has 164 valence electrons. The number of carbonyl (C=O) groups excluding carboxylic acids is 3. The Labute approximate surface area is 180 Å². The number of nitrogens with zero attached hydrogens (tertiary/aromatic N) is 1. The second-order valence-electron chi connectivity index (χ2n) is 7.00. The summed E-state index contributed by atoms with van der Waals surface area (Å²) in [6.45, 7) is 5.87. The number of allylic oxidation sites excluding steroid dienone is 1. The molecule has 0 saturated heterocycles. The maximum Gasteiger partial charge on any atom is 0.336 e. The SMILES string of the molecule is CCONC(=O)c1ccc(CN2C(=O)CC(c3ccccc3)C(C(=O)OCC)=C2C)o1. The minimum atomic E-state index is -0.512. The monoisotopic (exact) mass is 426 g/mol. The molecular weight excluding hydrogens is 400 g/mol. The summed E-state index contributed by atoms with van der Waals surface area (Å²) < 4.78 is 10.9. The van der Waals surface area contributed by atoms with Crippen LogP contribution in [0.3, 0.4) is 0 Å². The van der Waals surface area contributed by atoms with Crippen molar-refractivity contribution >= 4 is 17.8 Å². The molecule has 3 rings (SSSR count). The van der Waals surface area contributed by atoms with E-state index in [9.17, 15) is 14.4 Å². The first-order valence-electron chi connectivity index (χ1n) is 10.2. The quantitative estimate of drug-likeness (QED) is 0.514. The van der Waals surface area contributed by atoms with Crippen LogP contribution in [0.25, 0.3) is 0 Å². The predicted molar refractivity (Wildman–Crippen MR) is 111 cm³/mol. The largest absolute Gasteiger partial charge is 0.463 e. The molecule has 0 fully saturated rings. The van der Waals surface area contributed by atoms with Crippen LogP contribution in [0.4, 0.5) is 0 Å². The number of esters is 1. The Morgan fingerprint density at radius 3 is 2.55 bits per heavy atom. The van der Waals surface area contributed by atoms with Crippen molar-refractivity contribution in [3.8, 4) is 0 Å². The standard InChI is InChI=1S/C23H26N2O6/c1-4-29-23(28)21-15(3)25(20(26)13-18(21)16-9-7-6-8-10-16)14-17-11-12-19(31-17)22(27)24-30-5-2/h6-12,18H,4-5,13-14H2,1-3H3,(H,24,27). The van der Waals surface area contributed by atoms with Crippen LogP contribution in [0.2, 0.25) is 0 Å². The van der Waals surface area contributed by atoms with E-state index >= 15 is 0 Å². The topological polar surface area (TPSA) is 98.1 Å². The second kappa shape index (κ2) is 10.1. The van der Waals surface area contributed by atoms with Crippen molar-refractivity contribution in [1.82, 2.24) is 10.4 Å². The lowest BCUT2D eigenvalue weighted by Gasteiger charge is -2.34. The van der Waals surface area contributed by atoms with E-state index in [4.69, 9.17) is 14.0 Å². The lowest BCUT2D eigenvalue weighted by molar-refractivity contribution is -0.140. The smallest absolute Gasteiger partial charge is 0.336 e. The van der Waals surface area contributed by atoms with Crippen molar-refractivity contribution in [1.29, 1.82) is 0 Å². The highest BCUT2D eigenvalue weighted by atomic mass is 16.7. The molecule has 8 heteroatoms. The minimum absolute atomic E-state index is 0.0716. The highest BCUT2D eigenvalue weighted by molar-refractivity contribution is 5.96. The van der Waals surface area contributed by atoms with E-state index in [1.807, 2.05) is 30.3 Å². The molecule has 1 atom stereocenters. The lowest BCUT2D eigenvalue weighted by Crippen LogP contribution is -2.38. The van der Waals surface area contributed by atoms with E-state index in [1.54, 1.807) is 26.8 Å². The Hall–Kier alpha value is -3.39. The molecule has 31 heavy (non-hydrogen) atoms. The molecule has 2 amide bonds. The predicted octanol–water partition coefficient (Wildman–Crippen LogP) is 3.31. The Morgan fingerprint density at radius 1 is 1.13 bits per heavy atom. The van der Waals surface area contributed by atoms with Crippen LogP contribution in [0, 0.1) is 0 Å². The van der Waals surface area contributed by atoms with E-state index in [0.29, 0.717) is 23.6 Å². The molecule has 8 nitrogen and oxygen atoms in total. The average molecular weight is 426 g/mol. The van der Waals surface area contributed by atoms with Crippen molar-refractivity contribution in [3.63, 3.8) is 0 Å². The van der Waals surface area contributed by atoms with Gasteiger partial charge in [-0.3, -0.25) is 14.4 Å². The second-order valence-corrected chi connectivity index (χ2v) is 7.00. The molecule has 1 aliphatic heterocycles. The molecule has 0 bridgehead atoms. The molecule has 0 saturated carbocycles. The van der Waals surface area contributed by atoms with E-state index in [0.717, 1.165) is 5.56 Å². The van der Waals surface area contributed by atoms with Gasteiger partial charge in [0, 0.05) is 18.0 Å². The third kappa shape index (κ3) is 5.03. The molecule has 0 radical (unpaired) electrons. The number of rotatable bonds is 8. The number of amides is 2. The number of nitrogens with one attached hydrogen (secondary N) is 1. The fourth-order valence-electron chi connectivity index (χ4n) is 3.58. The Bertz CT molecular complexity index is 979. The van der Waals surface area contributed by atoms with Gasteiger partial charge >= 0.3 is 11.9 Å². The van der Waals surface area contributed by atoms with Crippen molar-refractivity contribution in [2.45, 2.75) is 39.7 Å². The first-order valence-corrected chi connectivity index (χ1v) is 10.2. The van der Waals surface area contributed by atoms with Crippen LogP contribution < -0.4 is 5.48 Å². The molecule has 1 unspecified atom stereocenters. The van der Waals surface area contributed by atoms with E-state index < -0.39 is 11.9 Å². The molecule has 1 aromatic heterocycles. The number of benzene rings is 1. The van der Waals surface area contributed by atoms with Crippen molar-refractivity contribution in [3.05, 3.63) is 70.8 Å². The summed E-state index contributed by atoms with van der Waals surface area (Å²) in [4.78, 5) is 44.1. The molecule has 1 aromatic carbocycles. The summed E-state index contributed by atoms with van der Waals surface area (Å²) in [6, 6.07) is 12.6. The number of hydroxylamine groups is 1. The Balaban J connectivity index is 1.89. The van der Waals surface area contributed by atoms with Crippen LogP contribution >= 0.6 is 0 Å². The summed E-state index contributed by atoms with van der Waals surface area (Å²) >= 11 is 0. The summed E-state index contributed by atoms with van der Waals surface area (Å²) in [5.41, 5.74) is 4.11. The summed E-state index contributed by atoms with van der Waals surface area (Å²) in [7, 11) is 0. The van der Waals surface area contributed by atoms with Gasteiger partial charge in [-0.15, -0.1) is 0 Å².